The molecule has 0 atom stereocenters. The molecule has 69 valence electrons. The Hall–Kier alpha value is -0.890. The molecule has 2 heteroatoms. The van der Waals surface area contributed by atoms with Crippen molar-refractivity contribution in [3.63, 3.8) is 0 Å². The quantitative estimate of drug-likeness (QED) is 0.739. The van der Waals surface area contributed by atoms with Gasteiger partial charge in [-0.1, -0.05) is 0 Å². The van der Waals surface area contributed by atoms with E-state index in [0.717, 1.165) is 19.0 Å². The molecule has 1 aromatic rings. The SMILES string of the molecule is [CH](c1ccncc1)C1CCNCC1. The molecule has 1 saturated heterocycles. The van der Waals surface area contributed by atoms with Crippen LogP contribution in [0, 0.1) is 12.3 Å². The van der Waals surface area contributed by atoms with Crippen LogP contribution in [0.15, 0.2) is 24.5 Å². The Morgan fingerprint density at radius 2 is 1.92 bits per heavy atom. The first-order valence-electron chi connectivity index (χ1n) is 4.91. The van der Waals surface area contributed by atoms with Crippen LogP contribution in [0.4, 0.5) is 0 Å². The van der Waals surface area contributed by atoms with Crippen molar-refractivity contribution in [2.45, 2.75) is 12.8 Å². The highest BCUT2D eigenvalue weighted by molar-refractivity contribution is 5.20. The summed E-state index contributed by atoms with van der Waals surface area (Å²) < 4.78 is 0. The molecule has 1 aromatic heterocycles. The highest BCUT2D eigenvalue weighted by Gasteiger charge is 2.13. The molecule has 0 saturated carbocycles. The van der Waals surface area contributed by atoms with Gasteiger partial charge in [-0.3, -0.25) is 4.98 Å². The molecule has 0 amide bonds. The second kappa shape index (κ2) is 4.38. The van der Waals surface area contributed by atoms with Crippen molar-refractivity contribution in [1.29, 1.82) is 0 Å². The van der Waals surface area contributed by atoms with Gasteiger partial charge in [0.2, 0.25) is 0 Å². The largest absolute Gasteiger partial charge is 0.317 e. The zero-order valence-corrected chi connectivity index (χ0v) is 7.74. The van der Waals surface area contributed by atoms with Crippen LogP contribution in [0.1, 0.15) is 18.4 Å². The number of hydrogen-bond acceptors (Lipinski definition) is 2. The summed E-state index contributed by atoms with van der Waals surface area (Å²) in [5.74, 6) is 0.753. The van der Waals surface area contributed by atoms with Crippen molar-refractivity contribution < 1.29 is 0 Å². The summed E-state index contributed by atoms with van der Waals surface area (Å²) in [6.07, 6.45) is 8.60. The standard InChI is InChI=1S/C11H15N2/c1-5-12-6-2-10(1)9-11-3-7-13-8-4-11/h1-2,5-6,9,11,13H,3-4,7-8H2. The molecule has 13 heavy (non-hydrogen) atoms. The van der Waals surface area contributed by atoms with Crippen LogP contribution >= 0.6 is 0 Å². The minimum absolute atomic E-state index is 0.753. The minimum atomic E-state index is 0.753. The molecule has 1 N–H and O–H groups in total. The van der Waals surface area contributed by atoms with E-state index >= 15 is 0 Å². The monoisotopic (exact) mass is 175 g/mol. The highest BCUT2D eigenvalue weighted by Crippen LogP contribution is 2.19. The Morgan fingerprint density at radius 1 is 1.23 bits per heavy atom. The first kappa shape index (κ1) is 8.70. The number of rotatable bonds is 2. The number of pyridine rings is 1. The Labute approximate surface area is 79.4 Å². The molecule has 1 fully saturated rings. The predicted molar refractivity (Wildman–Crippen MR) is 53.2 cm³/mol. The van der Waals surface area contributed by atoms with Gasteiger partial charge in [0.25, 0.3) is 0 Å². The van der Waals surface area contributed by atoms with Crippen LogP contribution in [0.2, 0.25) is 0 Å². The lowest BCUT2D eigenvalue weighted by Gasteiger charge is -2.22. The third-order valence-electron chi connectivity index (χ3n) is 2.52. The molecule has 1 radical (unpaired) electrons. The molecular weight excluding hydrogens is 160 g/mol. The first-order valence-corrected chi connectivity index (χ1v) is 4.91. The number of piperidine rings is 1. The minimum Gasteiger partial charge on any atom is -0.317 e. The third-order valence-corrected chi connectivity index (χ3v) is 2.52. The van der Waals surface area contributed by atoms with Crippen LogP contribution in [0.3, 0.4) is 0 Å². The van der Waals surface area contributed by atoms with E-state index in [1.54, 1.807) is 0 Å². The highest BCUT2D eigenvalue weighted by atomic mass is 14.9. The van der Waals surface area contributed by atoms with Crippen LogP contribution < -0.4 is 5.32 Å². The summed E-state index contributed by atoms with van der Waals surface area (Å²) in [4.78, 5) is 4.01. The van der Waals surface area contributed by atoms with Crippen molar-refractivity contribution in [1.82, 2.24) is 10.3 Å². The van der Waals surface area contributed by atoms with Gasteiger partial charge in [-0.15, -0.1) is 0 Å². The molecule has 2 rings (SSSR count). The van der Waals surface area contributed by atoms with E-state index in [9.17, 15) is 0 Å². The summed E-state index contributed by atoms with van der Waals surface area (Å²) in [5, 5.41) is 3.37. The Bertz CT molecular complexity index is 240. The molecule has 2 nitrogen and oxygen atoms in total. The van der Waals surface area contributed by atoms with Crippen molar-refractivity contribution >= 4 is 0 Å². The average Bonchev–Trinajstić information content (AvgIpc) is 2.21. The fourth-order valence-electron chi connectivity index (χ4n) is 1.76. The van der Waals surface area contributed by atoms with Crippen molar-refractivity contribution in [3.8, 4) is 0 Å². The average molecular weight is 175 g/mol. The smallest absolute Gasteiger partial charge is 0.0270 e. The second-order valence-corrected chi connectivity index (χ2v) is 3.53. The van der Waals surface area contributed by atoms with E-state index in [4.69, 9.17) is 0 Å². The normalized spacial score (nSPS) is 18.8. The predicted octanol–water partition coefficient (Wildman–Crippen LogP) is 1.63. The topological polar surface area (TPSA) is 24.9 Å². The molecule has 0 bridgehead atoms. The second-order valence-electron chi connectivity index (χ2n) is 3.53. The maximum Gasteiger partial charge on any atom is 0.0270 e. The summed E-state index contributed by atoms with van der Waals surface area (Å²) >= 11 is 0. The van der Waals surface area contributed by atoms with Gasteiger partial charge < -0.3 is 5.32 Å². The van der Waals surface area contributed by atoms with Crippen molar-refractivity contribution in [2.75, 3.05) is 13.1 Å². The van der Waals surface area contributed by atoms with E-state index in [2.05, 4.69) is 28.9 Å². The van der Waals surface area contributed by atoms with Crippen LogP contribution in [-0.4, -0.2) is 18.1 Å². The Balaban J connectivity index is 1.90. The summed E-state index contributed by atoms with van der Waals surface area (Å²) in [6, 6.07) is 4.14. The maximum absolute atomic E-state index is 4.01. The van der Waals surface area contributed by atoms with Gasteiger partial charge in [0.15, 0.2) is 0 Å². The van der Waals surface area contributed by atoms with Gasteiger partial charge in [-0.05, 0) is 56.0 Å². The zero-order chi connectivity index (χ0) is 8.93. The van der Waals surface area contributed by atoms with E-state index in [-0.39, 0.29) is 0 Å². The van der Waals surface area contributed by atoms with Crippen molar-refractivity contribution in [3.05, 3.63) is 36.5 Å². The van der Waals surface area contributed by atoms with E-state index in [1.165, 1.54) is 18.4 Å². The third kappa shape index (κ3) is 2.52. The molecule has 1 aliphatic rings. The maximum atomic E-state index is 4.01. The molecule has 0 aliphatic carbocycles. The summed E-state index contributed by atoms with van der Waals surface area (Å²) in [7, 11) is 0. The molecule has 2 heterocycles. The molecule has 0 spiro atoms. The van der Waals surface area contributed by atoms with Crippen molar-refractivity contribution in [2.24, 2.45) is 5.92 Å². The van der Waals surface area contributed by atoms with Gasteiger partial charge >= 0.3 is 0 Å². The number of nitrogens with one attached hydrogen (secondary N) is 1. The first-order chi connectivity index (χ1) is 6.45. The fraction of sp³-hybridized carbons (Fsp3) is 0.455. The Morgan fingerprint density at radius 3 is 2.62 bits per heavy atom. The lowest BCUT2D eigenvalue weighted by atomic mass is 9.91. The molecular formula is C11H15N2. The molecule has 1 aliphatic heterocycles. The molecule has 0 unspecified atom stereocenters. The molecule has 0 aromatic carbocycles. The summed E-state index contributed by atoms with van der Waals surface area (Å²) in [6.45, 7) is 2.32. The van der Waals surface area contributed by atoms with E-state index in [0.29, 0.717) is 0 Å². The van der Waals surface area contributed by atoms with Crippen LogP contribution in [0.25, 0.3) is 0 Å². The lowest BCUT2D eigenvalue weighted by molar-refractivity contribution is 0.420. The van der Waals surface area contributed by atoms with E-state index in [1.807, 2.05) is 12.4 Å². The number of hydrogen-bond donors (Lipinski definition) is 1. The van der Waals surface area contributed by atoms with E-state index < -0.39 is 0 Å². The van der Waals surface area contributed by atoms with Gasteiger partial charge in [0.1, 0.15) is 0 Å². The lowest BCUT2D eigenvalue weighted by Crippen LogP contribution is -2.28. The van der Waals surface area contributed by atoms with Gasteiger partial charge in [0.05, 0.1) is 0 Å². The number of nitrogens with zero attached hydrogens (tertiary/aromatic N) is 1. The number of aromatic nitrogens is 1. The van der Waals surface area contributed by atoms with Crippen LogP contribution in [-0.2, 0) is 0 Å². The Kier molecular flexibility index (Phi) is 2.93. The fourth-order valence-corrected chi connectivity index (χ4v) is 1.76. The van der Waals surface area contributed by atoms with Crippen LogP contribution in [0.5, 0.6) is 0 Å². The summed E-state index contributed by atoms with van der Waals surface area (Å²) in [5.41, 5.74) is 1.31. The van der Waals surface area contributed by atoms with Gasteiger partial charge in [0, 0.05) is 12.4 Å². The zero-order valence-electron chi connectivity index (χ0n) is 7.74. The van der Waals surface area contributed by atoms with Gasteiger partial charge in [-0.25, -0.2) is 0 Å². The van der Waals surface area contributed by atoms with Gasteiger partial charge in [-0.2, -0.15) is 0 Å².